The van der Waals surface area contributed by atoms with E-state index in [1.807, 2.05) is 0 Å². The summed E-state index contributed by atoms with van der Waals surface area (Å²) in [4.78, 5) is 20.8. The fourth-order valence-corrected chi connectivity index (χ4v) is 1.79. The molecular formula is C11H11NO7. The van der Waals surface area contributed by atoms with Crippen molar-refractivity contribution in [3.63, 3.8) is 0 Å². The molecule has 102 valence electrons. The van der Waals surface area contributed by atoms with Crippen molar-refractivity contribution in [2.45, 2.75) is 12.8 Å². The molecule has 1 aromatic rings. The summed E-state index contributed by atoms with van der Waals surface area (Å²) in [6.45, 7) is 1.47. The lowest BCUT2D eigenvalue weighted by Crippen LogP contribution is -2.10. The molecule has 0 aliphatic carbocycles. The Hall–Kier alpha value is -2.51. The topological polar surface area (TPSA) is 108 Å². The number of benzene rings is 1. The number of fused-ring (bicyclic) bond motifs is 1. The fraction of sp³-hybridized carbons (Fsp3) is 0.364. The zero-order valence-electron chi connectivity index (χ0n) is 9.99. The van der Waals surface area contributed by atoms with Crippen molar-refractivity contribution in [3.05, 3.63) is 27.8 Å². The summed E-state index contributed by atoms with van der Waals surface area (Å²) in [5.41, 5.74) is 0.196. The maximum Gasteiger partial charge on any atom is 0.505 e. The molecule has 8 nitrogen and oxygen atoms in total. The van der Waals surface area contributed by atoms with Gasteiger partial charge in [0.05, 0.1) is 11.0 Å². The number of hydrogen-bond acceptors (Lipinski definition) is 6. The van der Waals surface area contributed by atoms with Gasteiger partial charge in [-0.2, -0.15) is 0 Å². The first kappa shape index (κ1) is 12.9. The smallest absolute Gasteiger partial charge is 0.454 e. The highest BCUT2D eigenvalue weighted by Crippen LogP contribution is 2.40. The first-order valence-electron chi connectivity index (χ1n) is 5.42. The molecule has 0 radical (unpaired) electrons. The number of rotatable bonds is 4. The van der Waals surface area contributed by atoms with E-state index in [-0.39, 0.29) is 19.1 Å². The summed E-state index contributed by atoms with van der Waals surface area (Å²) < 4.78 is 14.7. The molecule has 0 bridgehead atoms. The molecule has 0 amide bonds. The Labute approximate surface area is 107 Å². The quantitative estimate of drug-likeness (QED) is 0.506. The van der Waals surface area contributed by atoms with E-state index in [1.165, 1.54) is 12.1 Å². The van der Waals surface area contributed by atoms with E-state index in [2.05, 4.69) is 4.74 Å². The van der Waals surface area contributed by atoms with Crippen LogP contribution in [0.3, 0.4) is 0 Å². The van der Waals surface area contributed by atoms with Crippen LogP contribution in [-0.4, -0.2) is 29.6 Å². The average molecular weight is 269 g/mol. The third-order valence-electron chi connectivity index (χ3n) is 2.71. The first-order valence-corrected chi connectivity index (χ1v) is 5.42. The van der Waals surface area contributed by atoms with Gasteiger partial charge in [0.15, 0.2) is 11.5 Å². The molecule has 1 aliphatic heterocycles. The number of hydrogen-bond donors (Lipinski definition) is 1. The highest BCUT2D eigenvalue weighted by atomic mass is 16.7. The highest BCUT2D eigenvalue weighted by Gasteiger charge is 2.26. The first-order chi connectivity index (χ1) is 8.99. The largest absolute Gasteiger partial charge is 0.505 e. The Morgan fingerprint density at radius 2 is 2.16 bits per heavy atom. The number of nitrogens with zero attached hydrogens (tertiary/aromatic N) is 1. The Morgan fingerprint density at radius 1 is 1.53 bits per heavy atom. The predicted octanol–water partition coefficient (Wildman–Crippen LogP) is 2.12. The monoisotopic (exact) mass is 269 g/mol. The van der Waals surface area contributed by atoms with E-state index in [0.29, 0.717) is 17.1 Å². The van der Waals surface area contributed by atoms with E-state index in [1.54, 1.807) is 6.92 Å². The highest BCUT2D eigenvalue weighted by molar-refractivity contribution is 5.58. The minimum absolute atomic E-state index is 0.00987. The fourth-order valence-electron chi connectivity index (χ4n) is 1.79. The zero-order chi connectivity index (χ0) is 14.0. The Balaban J connectivity index is 2.32. The third kappa shape index (κ3) is 2.67. The van der Waals surface area contributed by atoms with Crippen molar-refractivity contribution >= 4 is 11.8 Å². The molecule has 1 aliphatic rings. The van der Waals surface area contributed by atoms with Crippen LogP contribution in [0, 0.1) is 10.1 Å². The summed E-state index contributed by atoms with van der Waals surface area (Å²) in [6.07, 6.45) is -1.42. The van der Waals surface area contributed by atoms with Crippen LogP contribution < -0.4 is 9.47 Å². The van der Waals surface area contributed by atoms with E-state index in [9.17, 15) is 14.9 Å². The number of carbonyl (C=O) groups is 1. The second kappa shape index (κ2) is 5.01. The van der Waals surface area contributed by atoms with Crippen LogP contribution in [0.5, 0.6) is 11.5 Å². The molecule has 1 atom stereocenters. The van der Waals surface area contributed by atoms with Gasteiger partial charge >= 0.3 is 6.16 Å². The Kier molecular flexibility index (Phi) is 3.41. The van der Waals surface area contributed by atoms with Crippen LogP contribution in [0.1, 0.15) is 18.4 Å². The lowest BCUT2D eigenvalue weighted by molar-refractivity contribution is -0.385. The van der Waals surface area contributed by atoms with Crippen molar-refractivity contribution in [2.24, 2.45) is 0 Å². The van der Waals surface area contributed by atoms with Gasteiger partial charge in [-0.05, 0) is 6.07 Å². The van der Waals surface area contributed by atoms with Crippen LogP contribution in [0.2, 0.25) is 0 Å². The number of carboxylic acid groups (broad SMARTS) is 1. The molecule has 8 heteroatoms. The second-order valence-electron chi connectivity index (χ2n) is 4.00. The van der Waals surface area contributed by atoms with Gasteiger partial charge in [-0.25, -0.2) is 4.79 Å². The summed E-state index contributed by atoms with van der Waals surface area (Å²) in [6, 6.07) is 2.76. The van der Waals surface area contributed by atoms with Crippen LogP contribution in [-0.2, 0) is 4.74 Å². The minimum Gasteiger partial charge on any atom is -0.454 e. The molecule has 0 spiro atoms. The lowest BCUT2D eigenvalue weighted by atomic mass is 9.99. The van der Waals surface area contributed by atoms with Gasteiger partial charge in [0.2, 0.25) is 6.79 Å². The van der Waals surface area contributed by atoms with Crippen molar-refractivity contribution < 1.29 is 29.0 Å². The van der Waals surface area contributed by atoms with Crippen LogP contribution in [0.25, 0.3) is 0 Å². The molecule has 0 aromatic heterocycles. The van der Waals surface area contributed by atoms with Gasteiger partial charge in [-0.15, -0.1) is 0 Å². The van der Waals surface area contributed by atoms with Crippen molar-refractivity contribution in [3.8, 4) is 11.5 Å². The van der Waals surface area contributed by atoms with Crippen molar-refractivity contribution in [1.82, 2.24) is 0 Å². The SMILES string of the molecule is CC(COC(=O)O)c1cc2c(cc1[N+](=O)[O-])OCO2. The van der Waals surface area contributed by atoms with Gasteiger partial charge in [0.25, 0.3) is 5.69 Å². The third-order valence-corrected chi connectivity index (χ3v) is 2.71. The normalized spacial score (nSPS) is 13.9. The van der Waals surface area contributed by atoms with Gasteiger partial charge in [-0.1, -0.05) is 6.92 Å². The summed E-state index contributed by atoms with van der Waals surface area (Å²) in [5, 5.41) is 19.5. The number of nitro benzene ring substituents is 1. The average Bonchev–Trinajstić information content (AvgIpc) is 2.81. The number of nitro groups is 1. The van der Waals surface area contributed by atoms with E-state index < -0.39 is 17.0 Å². The maximum absolute atomic E-state index is 11.0. The van der Waals surface area contributed by atoms with Crippen LogP contribution >= 0.6 is 0 Å². The maximum atomic E-state index is 11.0. The predicted molar refractivity (Wildman–Crippen MR) is 61.6 cm³/mol. The minimum atomic E-state index is -1.42. The van der Waals surface area contributed by atoms with Gasteiger partial charge in [-0.3, -0.25) is 10.1 Å². The van der Waals surface area contributed by atoms with E-state index >= 15 is 0 Å². The molecule has 1 heterocycles. The Bertz CT molecular complexity index is 528. The van der Waals surface area contributed by atoms with Crippen LogP contribution in [0.4, 0.5) is 10.5 Å². The van der Waals surface area contributed by atoms with Gasteiger partial charge < -0.3 is 19.3 Å². The molecule has 0 saturated carbocycles. The number of ether oxygens (including phenoxy) is 3. The van der Waals surface area contributed by atoms with Gasteiger partial charge in [0.1, 0.15) is 6.61 Å². The van der Waals surface area contributed by atoms with Gasteiger partial charge in [0, 0.05) is 11.5 Å². The van der Waals surface area contributed by atoms with Crippen molar-refractivity contribution in [1.29, 1.82) is 0 Å². The van der Waals surface area contributed by atoms with E-state index in [4.69, 9.17) is 14.6 Å². The summed E-state index contributed by atoms with van der Waals surface area (Å²) >= 11 is 0. The summed E-state index contributed by atoms with van der Waals surface area (Å²) in [5.74, 6) is 0.246. The van der Waals surface area contributed by atoms with Crippen LogP contribution in [0.15, 0.2) is 12.1 Å². The van der Waals surface area contributed by atoms with Crippen molar-refractivity contribution in [2.75, 3.05) is 13.4 Å². The molecule has 1 unspecified atom stereocenters. The molecule has 0 fully saturated rings. The molecule has 0 saturated heterocycles. The molecule has 1 N–H and O–H groups in total. The summed E-state index contributed by atoms with van der Waals surface area (Å²) in [7, 11) is 0. The molecule has 2 rings (SSSR count). The standard InChI is InChI=1S/C11H11NO7/c1-6(4-17-11(13)14)7-2-9-10(19-5-18-9)3-8(7)12(15)16/h2-3,6H,4-5H2,1H3,(H,13,14). The zero-order valence-corrected chi connectivity index (χ0v) is 9.99. The second-order valence-corrected chi connectivity index (χ2v) is 4.00. The molecule has 19 heavy (non-hydrogen) atoms. The Morgan fingerprint density at radius 3 is 2.74 bits per heavy atom. The molecule has 1 aromatic carbocycles. The van der Waals surface area contributed by atoms with E-state index in [0.717, 1.165) is 0 Å². The lowest BCUT2D eigenvalue weighted by Gasteiger charge is -2.12. The molecular weight excluding hydrogens is 258 g/mol.